The smallest absolute Gasteiger partial charge is 0.157 e. The Kier molecular flexibility index (Phi) is 6.20. The van der Waals surface area contributed by atoms with Crippen LogP contribution in [0.3, 0.4) is 0 Å². The van der Waals surface area contributed by atoms with E-state index in [-0.39, 0.29) is 0 Å². The summed E-state index contributed by atoms with van der Waals surface area (Å²) in [6.07, 6.45) is 4.95. The molecule has 3 N–H and O–H groups in total. The van der Waals surface area contributed by atoms with Crippen molar-refractivity contribution in [2.75, 3.05) is 18.4 Å². The molecule has 0 unspecified atom stereocenters. The lowest BCUT2D eigenvalue weighted by molar-refractivity contribution is 0.670. The zero-order valence-electron chi connectivity index (χ0n) is 17.2. The van der Waals surface area contributed by atoms with Crippen molar-refractivity contribution in [1.29, 1.82) is 0 Å². The van der Waals surface area contributed by atoms with Gasteiger partial charge in [-0.1, -0.05) is 35.1 Å². The van der Waals surface area contributed by atoms with E-state index >= 15 is 0 Å². The Morgan fingerprint density at radius 1 is 0.969 bits per heavy atom. The zero-order chi connectivity index (χ0) is 21.8. The first kappa shape index (κ1) is 20.7. The number of nitrogens with one attached hydrogen (secondary N) is 3. The van der Waals surface area contributed by atoms with Crippen molar-refractivity contribution in [3.05, 3.63) is 70.5 Å². The summed E-state index contributed by atoms with van der Waals surface area (Å²) in [5.41, 5.74) is 3.63. The first-order valence-electron chi connectivity index (χ1n) is 10.3. The molecule has 0 saturated carbocycles. The summed E-state index contributed by atoms with van der Waals surface area (Å²) in [4.78, 5) is 26.6. The third-order valence-corrected chi connectivity index (χ3v) is 6.36. The Morgan fingerprint density at radius 3 is 2.78 bits per heavy atom. The molecule has 1 aromatic carbocycles. The highest BCUT2D eigenvalue weighted by atomic mass is 35.5. The monoisotopic (exact) mass is 464 g/mol. The van der Waals surface area contributed by atoms with Crippen LogP contribution in [0.2, 0.25) is 5.02 Å². The van der Waals surface area contributed by atoms with Gasteiger partial charge >= 0.3 is 0 Å². The van der Waals surface area contributed by atoms with Crippen molar-refractivity contribution in [3.8, 4) is 0 Å². The van der Waals surface area contributed by atoms with Gasteiger partial charge in [-0.2, -0.15) is 0 Å². The normalized spacial score (nSPS) is 11.4. The topological polar surface area (TPSA) is 104 Å². The minimum atomic E-state index is 0.474. The fourth-order valence-electron chi connectivity index (χ4n) is 3.40. The molecule has 5 rings (SSSR count). The third kappa shape index (κ3) is 4.69. The van der Waals surface area contributed by atoms with Crippen molar-refractivity contribution < 1.29 is 0 Å². The van der Waals surface area contributed by atoms with Crippen molar-refractivity contribution in [3.63, 3.8) is 0 Å². The number of para-hydroxylation sites is 2. The number of aromatic amines is 1. The van der Waals surface area contributed by atoms with Crippen molar-refractivity contribution in [2.24, 2.45) is 0 Å². The minimum absolute atomic E-state index is 0.474. The number of anilines is 1. The van der Waals surface area contributed by atoms with E-state index in [1.165, 1.54) is 0 Å². The average molecular weight is 465 g/mol. The summed E-state index contributed by atoms with van der Waals surface area (Å²) in [6, 6.07) is 11.7. The lowest BCUT2D eigenvalue weighted by Crippen LogP contribution is -2.20. The number of pyridine rings is 1. The largest absolute Gasteiger partial charge is 0.362 e. The van der Waals surface area contributed by atoms with Crippen molar-refractivity contribution >= 4 is 50.1 Å². The molecule has 0 aliphatic heterocycles. The van der Waals surface area contributed by atoms with E-state index in [0.29, 0.717) is 17.4 Å². The van der Waals surface area contributed by atoms with Crippen LogP contribution in [0.1, 0.15) is 16.5 Å². The van der Waals surface area contributed by atoms with Crippen LogP contribution in [-0.4, -0.2) is 43.0 Å². The molecular weight excluding hydrogens is 444 g/mol. The lowest BCUT2D eigenvalue weighted by Gasteiger charge is -2.06. The third-order valence-electron chi connectivity index (χ3n) is 4.99. The van der Waals surface area contributed by atoms with Crippen LogP contribution < -0.4 is 10.6 Å². The SMILES string of the molecule is Clc1cccnc1CNc1ncnc2sc(CCNCCc3nc4ccccc4[nH]3)nc12. The standard InChI is InChI=1S/C22H21ClN8S/c23-14-4-3-9-25-17(14)12-26-21-20-22(28-13-27-21)32-19(31-20)8-11-24-10-7-18-29-15-5-1-2-6-16(15)30-18/h1-6,9,13,24H,7-8,10-12H2,(H,29,30)(H,26,27,28). The Hall–Kier alpha value is -3.14. The number of thiazole rings is 1. The first-order chi connectivity index (χ1) is 15.8. The van der Waals surface area contributed by atoms with Gasteiger partial charge in [0.15, 0.2) is 5.82 Å². The van der Waals surface area contributed by atoms with Crippen LogP contribution >= 0.6 is 22.9 Å². The van der Waals surface area contributed by atoms with E-state index in [0.717, 1.165) is 63.8 Å². The summed E-state index contributed by atoms with van der Waals surface area (Å²) in [6.45, 7) is 2.16. The number of hydrogen-bond donors (Lipinski definition) is 3. The van der Waals surface area contributed by atoms with E-state index in [2.05, 4.69) is 35.6 Å². The van der Waals surface area contributed by atoms with Gasteiger partial charge in [0.2, 0.25) is 0 Å². The number of benzene rings is 1. The number of imidazole rings is 1. The Labute approximate surface area is 193 Å². The number of nitrogens with zero attached hydrogens (tertiary/aromatic N) is 5. The van der Waals surface area contributed by atoms with Gasteiger partial charge in [0.25, 0.3) is 0 Å². The van der Waals surface area contributed by atoms with Crippen LogP contribution in [0, 0.1) is 0 Å². The minimum Gasteiger partial charge on any atom is -0.362 e. The second-order valence-electron chi connectivity index (χ2n) is 7.22. The zero-order valence-corrected chi connectivity index (χ0v) is 18.7. The molecule has 8 nitrogen and oxygen atoms in total. The maximum atomic E-state index is 6.19. The van der Waals surface area contributed by atoms with E-state index in [9.17, 15) is 0 Å². The summed E-state index contributed by atoms with van der Waals surface area (Å²) in [7, 11) is 0. The molecule has 4 heterocycles. The van der Waals surface area contributed by atoms with Gasteiger partial charge in [-0.3, -0.25) is 4.98 Å². The van der Waals surface area contributed by atoms with Gasteiger partial charge in [-0.05, 0) is 24.3 Å². The van der Waals surface area contributed by atoms with Crippen LogP contribution in [-0.2, 0) is 19.4 Å². The highest BCUT2D eigenvalue weighted by Gasteiger charge is 2.11. The summed E-state index contributed by atoms with van der Waals surface area (Å²) in [5, 5.41) is 8.40. The Balaban J connectivity index is 1.15. The molecule has 0 spiro atoms. The fraction of sp³-hybridized carbons (Fsp3) is 0.227. The van der Waals surface area contributed by atoms with Gasteiger partial charge in [-0.15, -0.1) is 0 Å². The highest BCUT2D eigenvalue weighted by molar-refractivity contribution is 7.18. The molecule has 0 saturated heterocycles. The molecule has 162 valence electrons. The number of fused-ring (bicyclic) bond motifs is 2. The average Bonchev–Trinajstić information content (AvgIpc) is 3.42. The molecule has 0 aliphatic rings. The van der Waals surface area contributed by atoms with E-state index in [1.54, 1.807) is 23.9 Å². The molecule has 0 fully saturated rings. The van der Waals surface area contributed by atoms with Crippen LogP contribution in [0.15, 0.2) is 48.9 Å². The number of H-pyrrole nitrogens is 1. The quantitative estimate of drug-likeness (QED) is 0.283. The number of hydrogen-bond acceptors (Lipinski definition) is 8. The Bertz CT molecular complexity index is 1320. The van der Waals surface area contributed by atoms with Gasteiger partial charge in [0, 0.05) is 32.1 Å². The second kappa shape index (κ2) is 9.56. The maximum absolute atomic E-state index is 6.19. The van der Waals surface area contributed by atoms with Crippen LogP contribution in [0.4, 0.5) is 5.82 Å². The maximum Gasteiger partial charge on any atom is 0.157 e. The number of rotatable bonds is 9. The second-order valence-corrected chi connectivity index (χ2v) is 8.69. The predicted molar refractivity (Wildman–Crippen MR) is 128 cm³/mol. The first-order valence-corrected chi connectivity index (χ1v) is 11.5. The molecule has 4 aromatic heterocycles. The molecular formula is C22H21ClN8S. The number of aromatic nitrogens is 6. The molecule has 0 amide bonds. The fourth-order valence-corrected chi connectivity index (χ4v) is 4.49. The molecule has 0 radical (unpaired) electrons. The molecule has 0 atom stereocenters. The number of halogens is 1. The molecule has 10 heteroatoms. The van der Waals surface area contributed by atoms with Crippen LogP contribution in [0.25, 0.3) is 21.4 Å². The van der Waals surface area contributed by atoms with Crippen molar-refractivity contribution in [1.82, 2.24) is 35.2 Å². The van der Waals surface area contributed by atoms with Crippen LogP contribution in [0.5, 0.6) is 0 Å². The summed E-state index contributed by atoms with van der Waals surface area (Å²) < 4.78 is 0. The van der Waals surface area contributed by atoms with E-state index in [4.69, 9.17) is 16.6 Å². The van der Waals surface area contributed by atoms with Gasteiger partial charge in [-0.25, -0.2) is 19.9 Å². The molecule has 0 aliphatic carbocycles. The van der Waals surface area contributed by atoms with Gasteiger partial charge < -0.3 is 15.6 Å². The summed E-state index contributed by atoms with van der Waals surface area (Å²) in [5.74, 6) is 1.69. The lowest BCUT2D eigenvalue weighted by atomic mass is 10.3. The van der Waals surface area contributed by atoms with E-state index < -0.39 is 0 Å². The van der Waals surface area contributed by atoms with E-state index in [1.807, 2.05) is 36.4 Å². The van der Waals surface area contributed by atoms with Gasteiger partial charge in [0.1, 0.15) is 22.5 Å². The van der Waals surface area contributed by atoms with Gasteiger partial charge in [0.05, 0.1) is 33.3 Å². The molecule has 0 bridgehead atoms. The summed E-state index contributed by atoms with van der Waals surface area (Å²) >= 11 is 7.78. The molecule has 5 aromatic rings. The van der Waals surface area contributed by atoms with Crippen molar-refractivity contribution in [2.45, 2.75) is 19.4 Å². The molecule has 32 heavy (non-hydrogen) atoms. The predicted octanol–water partition coefficient (Wildman–Crippen LogP) is 4.00. The highest BCUT2D eigenvalue weighted by Crippen LogP contribution is 2.25. The Morgan fingerprint density at radius 2 is 1.88 bits per heavy atom.